The van der Waals surface area contributed by atoms with Gasteiger partial charge in [0, 0.05) is 23.7 Å². The monoisotopic (exact) mass is 466 g/mol. The Balaban J connectivity index is 1.42. The summed E-state index contributed by atoms with van der Waals surface area (Å²) in [5, 5.41) is 17.5. The molecule has 0 heterocycles. The first-order valence-corrected chi connectivity index (χ1v) is 10.1. The van der Waals surface area contributed by atoms with Crippen LogP contribution >= 0.6 is 11.6 Å². The van der Waals surface area contributed by atoms with E-state index in [1.165, 1.54) is 18.3 Å². The third-order valence-electron chi connectivity index (χ3n) is 4.39. The van der Waals surface area contributed by atoms with Gasteiger partial charge in [0.25, 0.3) is 5.69 Å². The molecule has 168 valence electrons. The molecule has 0 aromatic heterocycles. The molecule has 2 N–H and O–H groups in total. The highest BCUT2D eigenvalue weighted by Crippen LogP contribution is 2.16. The predicted octanol–water partition coefficient (Wildman–Crippen LogP) is 3.59. The Morgan fingerprint density at radius 1 is 0.939 bits per heavy atom. The van der Waals surface area contributed by atoms with Gasteiger partial charge in [-0.05, 0) is 65.2 Å². The zero-order chi connectivity index (χ0) is 23.6. The van der Waals surface area contributed by atoms with Gasteiger partial charge in [0.1, 0.15) is 12.4 Å². The minimum Gasteiger partial charge on any atom is -0.489 e. The maximum Gasteiger partial charge on any atom is 0.329 e. The molecule has 0 aliphatic rings. The highest BCUT2D eigenvalue weighted by Gasteiger charge is 2.11. The summed E-state index contributed by atoms with van der Waals surface area (Å²) in [7, 11) is 0. The van der Waals surface area contributed by atoms with Gasteiger partial charge in [-0.1, -0.05) is 23.7 Å². The average molecular weight is 467 g/mol. The van der Waals surface area contributed by atoms with Gasteiger partial charge in [0.05, 0.1) is 11.1 Å². The first-order chi connectivity index (χ1) is 15.9. The summed E-state index contributed by atoms with van der Waals surface area (Å²) in [6.07, 6.45) is 1.39. The number of non-ortho nitro benzene ring substituents is 1. The molecular weight excluding hydrogens is 448 g/mol. The second kappa shape index (κ2) is 11.4. The highest BCUT2D eigenvalue weighted by atomic mass is 35.5. The maximum atomic E-state index is 11.8. The minimum atomic E-state index is -0.886. The molecule has 9 nitrogen and oxygen atoms in total. The van der Waals surface area contributed by atoms with Crippen molar-refractivity contribution >= 4 is 35.3 Å². The summed E-state index contributed by atoms with van der Waals surface area (Å²) in [5.41, 5.74) is 4.47. The van der Waals surface area contributed by atoms with Crippen LogP contribution in [-0.4, -0.2) is 23.0 Å². The fourth-order valence-corrected chi connectivity index (χ4v) is 2.74. The van der Waals surface area contributed by atoms with Crippen molar-refractivity contribution in [1.82, 2.24) is 10.7 Å². The SMILES string of the molecule is O=C(NCc1ccc(Cl)cc1)C(=O)N/N=C/c1ccc(OCc2ccc([N+](=O)[O-])cc2)cc1. The van der Waals surface area contributed by atoms with Crippen LogP contribution in [0.15, 0.2) is 77.9 Å². The van der Waals surface area contributed by atoms with Crippen LogP contribution in [0.1, 0.15) is 16.7 Å². The van der Waals surface area contributed by atoms with Crippen molar-refractivity contribution in [1.29, 1.82) is 0 Å². The Morgan fingerprint density at radius 3 is 2.21 bits per heavy atom. The first kappa shape index (κ1) is 23.4. The standard InChI is InChI=1S/C23H19ClN4O5/c24-19-7-1-16(2-8-19)13-25-22(29)23(30)27-26-14-17-5-11-21(12-6-17)33-15-18-3-9-20(10-4-18)28(31)32/h1-12,14H,13,15H2,(H,25,29)(H,27,30)/b26-14+. The van der Waals surface area contributed by atoms with Crippen LogP contribution in [0.2, 0.25) is 5.02 Å². The predicted molar refractivity (Wildman–Crippen MR) is 123 cm³/mol. The van der Waals surface area contributed by atoms with Crippen molar-refractivity contribution in [3.05, 3.63) is 105 Å². The molecule has 2 amide bonds. The normalized spacial score (nSPS) is 10.6. The number of nitrogens with one attached hydrogen (secondary N) is 2. The van der Waals surface area contributed by atoms with Crippen LogP contribution in [0, 0.1) is 10.1 Å². The van der Waals surface area contributed by atoms with E-state index in [0.29, 0.717) is 16.3 Å². The number of carbonyl (C=O) groups is 2. The van der Waals surface area contributed by atoms with Crippen molar-refractivity contribution in [2.24, 2.45) is 5.10 Å². The molecule has 33 heavy (non-hydrogen) atoms. The van der Waals surface area contributed by atoms with Crippen molar-refractivity contribution in [3.63, 3.8) is 0 Å². The first-order valence-electron chi connectivity index (χ1n) is 9.72. The number of rotatable bonds is 8. The number of nitro groups is 1. The molecule has 0 fully saturated rings. The summed E-state index contributed by atoms with van der Waals surface area (Å²) < 4.78 is 5.65. The molecule has 3 rings (SSSR count). The van der Waals surface area contributed by atoms with Crippen LogP contribution in [0.3, 0.4) is 0 Å². The smallest absolute Gasteiger partial charge is 0.329 e. The summed E-state index contributed by atoms with van der Waals surface area (Å²) in [5.74, 6) is -1.10. The van der Waals surface area contributed by atoms with E-state index >= 15 is 0 Å². The van der Waals surface area contributed by atoms with Gasteiger partial charge < -0.3 is 10.1 Å². The fraction of sp³-hybridized carbons (Fsp3) is 0.0870. The molecule has 0 saturated heterocycles. The second-order valence-electron chi connectivity index (χ2n) is 6.79. The highest BCUT2D eigenvalue weighted by molar-refractivity contribution is 6.35. The molecule has 0 aliphatic carbocycles. The summed E-state index contributed by atoms with van der Waals surface area (Å²) in [6, 6.07) is 19.9. The van der Waals surface area contributed by atoms with E-state index in [2.05, 4.69) is 15.8 Å². The lowest BCUT2D eigenvalue weighted by molar-refractivity contribution is -0.384. The average Bonchev–Trinajstić information content (AvgIpc) is 2.83. The fourth-order valence-electron chi connectivity index (χ4n) is 2.61. The van der Waals surface area contributed by atoms with Crippen LogP contribution in [-0.2, 0) is 22.7 Å². The molecule has 0 radical (unpaired) electrons. The van der Waals surface area contributed by atoms with E-state index < -0.39 is 16.7 Å². The van der Waals surface area contributed by atoms with Gasteiger partial charge in [0.15, 0.2) is 0 Å². The Kier molecular flexibility index (Phi) is 8.09. The molecule has 0 aliphatic heterocycles. The van der Waals surface area contributed by atoms with Crippen molar-refractivity contribution in [3.8, 4) is 5.75 Å². The van der Waals surface area contributed by atoms with Gasteiger partial charge in [-0.2, -0.15) is 5.10 Å². The molecule has 0 spiro atoms. The molecule has 3 aromatic rings. The zero-order valence-corrected chi connectivity index (χ0v) is 18.0. The minimum absolute atomic E-state index is 0.0218. The van der Waals surface area contributed by atoms with Gasteiger partial charge in [-0.15, -0.1) is 0 Å². The molecule has 10 heteroatoms. The number of hydrazone groups is 1. The Morgan fingerprint density at radius 2 is 1.58 bits per heavy atom. The van der Waals surface area contributed by atoms with Gasteiger partial charge >= 0.3 is 11.8 Å². The quantitative estimate of drug-likeness (QED) is 0.227. The van der Waals surface area contributed by atoms with Crippen LogP contribution < -0.4 is 15.5 Å². The zero-order valence-electron chi connectivity index (χ0n) is 17.2. The Labute approximate surface area is 194 Å². The van der Waals surface area contributed by atoms with E-state index in [9.17, 15) is 19.7 Å². The molecule has 3 aromatic carbocycles. The van der Waals surface area contributed by atoms with Crippen LogP contribution in [0.25, 0.3) is 0 Å². The molecular formula is C23H19ClN4O5. The van der Waals surface area contributed by atoms with E-state index in [-0.39, 0.29) is 18.8 Å². The number of hydrogen-bond donors (Lipinski definition) is 2. The number of halogens is 1. The topological polar surface area (TPSA) is 123 Å². The van der Waals surface area contributed by atoms with E-state index in [1.54, 1.807) is 60.7 Å². The molecule has 0 atom stereocenters. The summed E-state index contributed by atoms with van der Waals surface area (Å²) in [6.45, 7) is 0.446. The van der Waals surface area contributed by atoms with E-state index in [4.69, 9.17) is 16.3 Å². The lowest BCUT2D eigenvalue weighted by Gasteiger charge is -2.06. The van der Waals surface area contributed by atoms with Gasteiger partial charge in [-0.25, -0.2) is 5.43 Å². The van der Waals surface area contributed by atoms with Gasteiger partial charge in [0.2, 0.25) is 0 Å². The van der Waals surface area contributed by atoms with Crippen LogP contribution in [0.5, 0.6) is 5.75 Å². The lowest BCUT2D eigenvalue weighted by Crippen LogP contribution is -2.37. The number of carbonyl (C=O) groups excluding carboxylic acids is 2. The Bertz CT molecular complexity index is 1150. The van der Waals surface area contributed by atoms with Gasteiger partial charge in [-0.3, -0.25) is 19.7 Å². The molecule has 0 bridgehead atoms. The number of hydrogen-bond acceptors (Lipinski definition) is 6. The molecule has 0 unspecified atom stereocenters. The summed E-state index contributed by atoms with van der Waals surface area (Å²) in [4.78, 5) is 33.9. The number of nitro benzene ring substituents is 1. The van der Waals surface area contributed by atoms with Crippen molar-refractivity contribution in [2.45, 2.75) is 13.2 Å². The summed E-state index contributed by atoms with van der Waals surface area (Å²) >= 11 is 5.80. The number of benzene rings is 3. The van der Waals surface area contributed by atoms with E-state index in [1.807, 2.05) is 0 Å². The number of nitrogens with zero attached hydrogens (tertiary/aromatic N) is 2. The lowest BCUT2D eigenvalue weighted by atomic mass is 10.2. The van der Waals surface area contributed by atoms with Crippen molar-refractivity contribution in [2.75, 3.05) is 0 Å². The number of ether oxygens (including phenoxy) is 1. The van der Waals surface area contributed by atoms with Crippen LogP contribution in [0.4, 0.5) is 5.69 Å². The maximum absolute atomic E-state index is 11.8. The third-order valence-corrected chi connectivity index (χ3v) is 4.64. The molecule has 0 saturated carbocycles. The largest absolute Gasteiger partial charge is 0.489 e. The second-order valence-corrected chi connectivity index (χ2v) is 7.23. The Hall–Kier alpha value is -4.24. The van der Waals surface area contributed by atoms with E-state index in [0.717, 1.165) is 11.1 Å². The number of amides is 2. The third kappa shape index (κ3) is 7.44. The van der Waals surface area contributed by atoms with Crippen molar-refractivity contribution < 1.29 is 19.2 Å².